The summed E-state index contributed by atoms with van der Waals surface area (Å²) in [7, 11) is 1.40. The fourth-order valence-electron chi connectivity index (χ4n) is 3.76. The lowest BCUT2D eigenvalue weighted by Crippen LogP contribution is -2.39. The second kappa shape index (κ2) is 9.02. The van der Waals surface area contributed by atoms with Gasteiger partial charge in [-0.25, -0.2) is 4.39 Å². The maximum Gasteiger partial charge on any atom is 0.252 e. The van der Waals surface area contributed by atoms with Crippen LogP contribution in [0.2, 0.25) is 0 Å². The number of methoxy groups -OCH3 is 1. The molecular weight excluding hydrogens is 395 g/mol. The zero-order chi connectivity index (χ0) is 21.8. The first-order valence-corrected chi connectivity index (χ1v) is 10.0. The Labute approximate surface area is 179 Å². The van der Waals surface area contributed by atoms with Crippen LogP contribution >= 0.6 is 0 Å². The van der Waals surface area contributed by atoms with E-state index in [1.165, 1.54) is 19.2 Å². The number of carbonyl (C=O) groups excluding carboxylic acids is 1. The second-order valence-electron chi connectivity index (χ2n) is 7.31. The summed E-state index contributed by atoms with van der Waals surface area (Å²) in [6, 6.07) is 19.0. The van der Waals surface area contributed by atoms with E-state index in [0.717, 1.165) is 16.5 Å². The Morgan fingerprint density at radius 3 is 2.68 bits per heavy atom. The van der Waals surface area contributed by atoms with Crippen LogP contribution in [0.15, 0.2) is 72.9 Å². The van der Waals surface area contributed by atoms with E-state index in [-0.39, 0.29) is 18.3 Å². The number of fused-ring (bicyclic) bond motifs is 1. The predicted octanol–water partition coefficient (Wildman–Crippen LogP) is 4.32. The monoisotopic (exact) mass is 418 g/mol. The number of carbonyl (C=O) groups is 1. The van der Waals surface area contributed by atoms with Gasteiger partial charge in [-0.2, -0.15) is 0 Å². The van der Waals surface area contributed by atoms with Crippen LogP contribution in [-0.4, -0.2) is 35.8 Å². The van der Waals surface area contributed by atoms with Crippen molar-refractivity contribution in [3.05, 3.63) is 89.9 Å². The molecule has 0 bridgehead atoms. The molecule has 0 saturated heterocycles. The number of aromatic amines is 1. The summed E-state index contributed by atoms with van der Waals surface area (Å²) >= 11 is 0. The van der Waals surface area contributed by atoms with Crippen molar-refractivity contribution in [3.63, 3.8) is 0 Å². The number of ether oxygens (including phenoxy) is 1. The zero-order valence-electron chi connectivity index (χ0n) is 17.1. The van der Waals surface area contributed by atoms with E-state index in [0.29, 0.717) is 23.1 Å². The maximum absolute atomic E-state index is 14.2. The van der Waals surface area contributed by atoms with E-state index in [1.807, 2.05) is 30.5 Å². The number of para-hydroxylation sites is 1. The molecule has 0 unspecified atom stereocenters. The number of aliphatic hydroxyl groups excluding tert-OH is 1. The number of halogens is 1. The summed E-state index contributed by atoms with van der Waals surface area (Å²) in [5.74, 6) is -0.682. The molecule has 3 N–H and O–H groups in total. The number of H-pyrrole nitrogens is 1. The third-order valence-electron chi connectivity index (χ3n) is 5.33. The number of rotatable bonds is 7. The molecule has 6 heteroatoms. The normalized spacial score (nSPS) is 12.0. The van der Waals surface area contributed by atoms with Gasteiger partial charge in [-0.3, -0.25) is 4.79 Å². The van der Waals surface area contributed by atoms with E-state index in [2.05, 4.69) is 10.3 Å². The van der Waals surface area contributed by atoms with Gasteiger partial charge in [0.15, 0.2) is 11.6 Å². The molecule has 1 amide bonds. The fraction of sp³-hybridized carbons (Fsp3) is 0.160. The van der Waals surface area contributed by atoms with Crippen molar-refractivity contribution < 1.29 is 19.0 Å². The standard InChI is InChI=1S/C25H23FN2O3/c1-31-24-11-10-16(13-22(24)26)19-6-2-3-8-21(19)25(30)28-18(15-29)12-17-14-27-23-9-5-4-7-20(17)23/h2-11,13-14,18,27,29H,12,15H2,1H3,(H,28,30)/t18-/m1/s1. The molecule has 31 heavy (non-hydrogen) atoms. The second-order valence-corrected chi connectivity index (χ2v) is 7.31. The minimum Gasteiger partial charge on any atom is -0.494 e. The summed E-state index contributed by atoms with van der Waals surface area (Å²) in [6.07, 6.45) is 2.37. The van der Waals surface area contributed by atoms with E-state index < -0.39 is 11.9 Å². The SMILES string of the molecule is COc1ccc(-c2ccccc2C(=O)N[C@@H](CO)Cc2c[nH]c3ccccc23)cc1F. The van der Waals surface area contributed by atoms with Crippen LogP contribution < -0.4 is 10.1 Å². The Morgan fingerprint density at radius 1 is 1.13 bits per heavy atom. The van der Waals surface area contributed by atoms with Crippen molar-refractivity contribution in [3.8, 4) is 16.9 Å². The topological polar surface area (TPSA) is 74.3 Å². The van der Waals surface area contributed by atoms with Gasteiger partial charge >= 0.3 is 0 Å². The number of hydrogen-bond acceptors (Lipinski definition) is 3. The average molecular weight is 418 g/mol. The summed E-state index contributed by atoms with van der Waals surface area (Å²) < 4.78 is 19.2. The summed E-state index contributed by atoms with van der Waals surface area (Å²) in [5.41, 5.74) is 3.60. The molecule has 1 aromatic heterocycles. The van der Waals surface area contributed by atoms with Gasteiger partial charge in [0.1, 0.15) is 0 Å². The Balaban J connectivity index is 1.57. The van der Waals surface area contributed by atoms with Crippen molar-refractivity contribution in [2.75, 3.05) is 13.7 Å². The number of nitrogens with one attached hydrogen (secondary N) is 2. The zero-order valence-corrected chi connectivity index (χ0v) is 17.1. The molecule has 0 aliphatic heterocycles. The molecular formula is C25H23FN2O3. The van der Waals surface area contributed by atoms with Crippen LogP contribution in [0.4, 0.5) is 4.39 Å². The first-order chi connectivity index (χ1) is 15.1. The summed E-state index contributed by atoms with van der Waals surface area (Å²) in [6.45, 7) is -0.204. The lowest BCUT2D eigenvalue weighted by molar-refractivity contribution is 0.0917. The number of benzene rings is 3. The molecule has 1 atom stereocenters. The first-order valence-electron chi connectivity index (χ1n) is 10.0. The Morgan fingerprint density at radius 2 is 1.90 bits per heavy atom. The molecule has 0 spiro atoms. The molecule has 4 rings (SSSR count). The molecule has 0 aliphatic rings. The lowest BCUT2D eigenvalue weighted by atomic mass is 9.98. The van der Waals surface area contributed by atoms with E-state index in [9.17, 15) is 14.3 Å². The van der Waals surface area contributed by atoms with Crippen molar-refractivity contribution in [1.82, 2.24) is 10.3 Å². The molecule has 0 aliphatic carbocycles. The van der Waals surface area contributed by atoms with Crippen molar-refractivity contribution >= 4 is 16.8 Å². The first kappa shape index (κ1) is 20.6. The quantitative estimate of drug-likeness (QED) is 0.419. The van der Waals surface area contributed by atoms with Crippen LogP contribution in [0.25, 0.3) is 22.0 Å². The number of aromatic nitrogens is 1. The number of amides is 1. The van der Waals surface area contributed by atoms with Gasteiger partial charge in [0, 0.05) is 22.7 Å². The van der Waals surface area contributed by atoms with Gasteiger partial charge in [0.2, 0.25) is 0 Å². The molecule has 0 saturated carbocycles. The Hall–Kier alpha value is -3.64. The van der Waals surface area contributed by atoms with Crippen LogP contribution in [-0.2, 0) is 6.42 Å². The largest absolute Gasteiger partial charge is 0.494 e. The lowest BCUT2D eigenvalue weighted by Gasteiger charge is -2.18. The van der Waals surface area contributed by atoms with Crippen LogP contribution in [0.1, 0.15) is 15.9 Å². The highest BCUT2D eigenvalue weighted by molar-refractivity contribution is 6.01. The van der Waals surface area contributed by atoms with E-state index in [1.54, 1.807) is 30.3 Å². The van der Waals surface area contributed by atoms with Crippen LogP contribution in [0.5, 0.6) is 5.75 Å². The van der Waals surface area contributed by atoms with Gasteiger partial charge in [-0.1, -0.05) is 42.5 Å². The van der Waals surface area contributed by atoms with Gasteiger partial charge in [-0.15, -0.1) is 0 Å². The molecule has 5 nitrogen and oxygen atoms in total. The Kier molecular flexibility index (Phi) is 6.00. The fourth-order valence-corrected chi connectivity index (χ4v) is 3.76. The predicted molar refractivity (Wildman–Crippen MR) is 119 cm³/mol. The van der Waals surface area contributed by atoms with E-state index >= 15 is 0 Å². The minimum absolute atomic E-state index is 0.143. The highest BCUT2D eigenvalue weighted by Crippen LogP contribution is 2.28. The van der Waals surface area contributed by atoms with Gasteiger partial charge in [0.25, 0.3) is 5.91 Å². The van der Waals surface area contributed by atoms with Crippen molar-refractivity contribution in [1.29, 1.82) is 0 Å². The van der Waals surface area contributed by atoms with Gasteiger partial charge < -0.3 is 20.1 Å². The Bertz CT molecular complexity index is 1220. The molecule has 4 aromatic rings. The smallest absolute Gasteiger partial charge is 0.252 e. The molecule has 1 heterocycles. The molecule has 158 valence electrons. The van der Waals surface area contributed by atoms with Crippen LogP contribution in [0, 0.1) is 5.82 Å². The van der Waals surface area contributed by atoms with E-state index in [4.69, 9.17) is 4.74 Å². The molecule has 0 fully saturated rings. The average Bonchev–Trinajstić information content (AvgIpc) is 3.21. The number of hydrogen-bond donors (Lipinski definition) is 3. The third kappa shape index (κ3) is 4.29. The minimum atomic E-state index is -0.497. The number of aliphatic hydroxyl groups is 1. The highest BCUT2D eigenvalue weighted by Gasteiger charge is 2.19. The third-order valence-corrected chi connectivity index (χ3v) is 5.33. The van der Waals surface area contributed by atoms with Crippen LogP contribution in [0.3, 0.4) is 0 Å². The van der Waals surface area contributed by atoms with Crippen molar-refractivity contribution in [2.45, 2.75) is 12.5 Å². The van der Waals surface area contributed by atoms with Crippen molar-refractivity contribution in [2.24, 2.45) is 0 Å². The maximum atomic E-state index is 14.2. The summed E-state index contributed by atoms with van der Waals surface area (Å²) in [5, 5.41) is 13.9. The van der Waals surface area contributed by atoms with Gasteiger partial charge in [0.05, 0.1) is 19.8 Å². The molecule has 0 radical (unpaired) electrons. The molecule has 3 aromatic carbocycles. The summed E-state index contributed by atoms with van der Waals surface area (Å²) in [4.78, 5) is 16.3. The highest BCUT2D eigenvalue weighted by atomic mass is 19.1. The van der Waals surface area contributed by atoms with Gasteiger partial charge in [-0.05, 0) is 47.4 Å².